The summed E-state index contributed by atoms with van der Waals surface area (Å²) in [5.41, 5.74) is 4.61. The zero-order valence-corrected chi connectivity index (χ0v) is 23.2. The van der Waals surface area contributed by atoms with Crippen LogP contribution in [0.3, 0.4) is 0 Å². The Bertz CT molecular complexity index is 1230. The van der Waals surface area contributed by atoms with Gasteiger partial charge in [-0.25, -0.2) is 4.98 Å². The van der Waals surface area contributed by atoms with Gasteiger partial charge in [0, 0.05) is 43.5 Å². The maximum atomic E-state index is 5.95. The molecule has 1 aromatic heterocycles. The minimum Gasteiger partial charge on any atom is -0.489 e. The first kappa shape index (κ1) is 26.2. The molecule has 1 saturated carbocycles. The molecular formula is C30H38N6OS. The van der Waals surface area contributed by atoms with Gasteiger partial charge in [0.2, 0.25) is 5.95 Å². The van der Waals surface area contributed by atoms with E-state index in [0.717, 1.165) is 67.3 Å². The van der Waals surface area contributed by atoms with E-state index in [1.54, 1.807) is 0 Å². The second-order valence-electron chi connectivity index (χ2n) is 10.5. The molecule has 0 unspecified atom stereocenters. The van der Waals surface area contributed by atoms with Crippen molar-refractivity contribution in [2.75, 3.05) is 29.6 Å². The highest BCUT2D eigenvalue weighted by Crippen LogP contribution is 2.29. The molecule has 0 aliphatic heterocycles. The Morgan fingerprint density at radius 2 is 1.71 bits per heavy atom. The van der Waals surface area contributed by atoms with E-state index in [9.17, 15) is 0 Å². The average molecular weight is 531 g/mol. The third kappa shape index (κ3) is 6.92. The number of hydrogen-bond donors (Lipinski definition) is 3. The molecule has 1 heterocycles. The number of anilines is 3. The summed E-state index contributed by atoms with van der Waals surface area (Å²) < 4.78 is 5.95. The number of benzene rings is 2. The van der Waals surface area contributed by atoms with Crippen molar-refractivity contribution >= 4 is 34.8 Å². The topological polar surface area (TPSA) is 74.3 Å². The van der Waals surface area contributed by atoms with Gasteiger partial charge in [-0.2, -0.15) is 4.98 Å². The van der Waals surface area contributed by atoms with Crippen LogP contribution in [0.2, 0.25) is 0 Å². The Hall–Kier alpha value is -3.39. The van der Waals surface area contributed by atoms with Gasteiger partial charge in [0.15, 0.2) is 5.11 Å². The minimum atomic E-state index is 0.354. The van der Waals surface area contributed by atoms with Gasteiger partial charge in [0.05, 0.1) is 5.69 Å². The van der Waals surface area contributed by atoms with Crippen LogP contribution in [-0.4, -0.2) is 41.3 Å². The second-order valence-corrected chi connectivity index (χ2v) is 10.9. The van der Waals surface area contributed by atoms with E-state index in [0.29, 0.717) is 23.8 Å². The number of aryl methyl sites for hydroxylation is 1. The number of rotatable bonds is 8. The Labute approximate surface area is 231 Å². The van der Waals surface area contributed by atoms with Crippen molar-refractivity contribution in [2.24, 2.45) is 0 Å². The van der Waals surface area contributed by atoms with Gasteiger partial charge in [0.25, 0.3) is 0 Å². The van der Waals surface area contributed by atoms with E-state index in [4.69, 9.17) is 26.9 Å². The van der Waals surface area contributed by atoms with Crippen LogP contribution in [0, 0.1) is 0 Å². The molecule has 2 aliphatic rings. The predicted octanol–water partition coefficient (Wildman–Crippen LogP) is 5.71. The van der Waals surface area contributed by atoms with Gasteiger partial charge < -0.3 is 25.6 Å². The first-order valence-corrected chi connectivity index (χ1v) is 14.1. The van der Waals surface area contributed by atoms with Crippen molar-refractivity contribution in [1.82, 2.24) is 15.3 Å². The Balaban J connectivity index is 1.09. The lowest BCUT2D eigenvalue weighted by molar-refractivity contribution is 0.306. The summed E-state index contributed by atoms with van der Waals surface area (Å²) in [6.45, 7) is 0.539. The smallest absolute Gasteiger partial charge is 0.225 e. The fraction of sp³-hybridized carbons (Fsp3) is 0.433. The quantitative estimate of drug-likeness (QED) is 0.320. The Kier molecular flexibility index (Phi) is 8.58. The molecule has 38 heavy (non-hydrogen) atoms. The highest BCUT2D eigenvalue weighted by atomic mass is 32.1. The van der Waals surface area contributed by atoms with Crippen LogP contribution < -0.4 is 25.6 Å². The summed E-state index contributed by atoms with van der Waals surface area (Å²) >= 11 is 5.63. The average Bonchev–Trinajstić information content (AvgIpc) is 2.93. The van der Waals surface area contributed by atoms with Crippen LogP contribution in [-0.2, 0) is 19.4 Å². The van der Waals surface area contributed by atoms with Crippen molar-refractivity contribution in [3.05, 3.63) is 71.4 Å². The molecule has 2 aromatic carbocycles. The van der Waals surface area contributed by atoms with E-state index in [1.165, 1.54) is 24.1 Å². The van der Waals surface area contributed by atoms with Gasteiger partial charge in [-0.15, -0.1) is 0 Å². The lowest BCUT2D eigenvalue weighted by atomic mass is 9.91. The summed E-state index contributed by atoms with van der Waals surface area (Å²) in [5.74, 6) is 2.66. The van der Waals surface area contributed by atoms with E-state index in [2.05, 4.69) is 47.1 Å². The fourth-order valence-electron chi connectivity index (χ4n) is 5.33. The number of nitrogens with one attached hydrogen (secondary N) is 3. The minimum absolute atomic E-state index is 0.354. The number of fused-ring (bicyclic) bond motifs is 1. The molecule has 2 aliphatic carbocycles. The number of thiocarbonyl (C=S) groups is 1. The van der Waals surface area contributed by atoms with Crippen LogP contribution in [0.5, 0.6) is 5.75 Å². The van der Waals surface area contributed by atoms with E-state index < -0.39 is 0 Å². The van der Waals surface area contributed by atoms with Crippen molar-refractivity contribution in [1.29, 1.82) is 0 Å². The Morgan fingerprint density at radius 3 is 2.50 bits per heavy atom. The summed E-state index contributed by atoms with van der Waals surface area (Å²) in [4.78, 5) is 11.9. The molecule has 5 rings (SSSR count). The Morgan fingerprint density at radius 1 is 0.947 bits per heavy atom. The van der Waals surface area contributed by atoms with Crippen LogP contribution >= 0.6 is 12.2 Å². The zero-order valence-electron chi connectivity index (χ0n) is 22.4. The second kappa shape index (κ2) is 12.4. The first-order valence-electron chi connectivity index (χ1n) is 13.7. The lowest BCUT2D eigenvalue weighted by Gasteiger charge is -2.31. The van der Waals surface area contributed by atoms with Crippen molar-refractivity contribution in [2.45, 2.75) is 70.1 Å². The molecule has 3 N–H and O–H groups in total. The molecule has 0 bridgehead atoms. The number of nitrogens with zero attached hydrogens (tertiary/aromatic N) is 3. The van der Waals surface area contributed by atoms with Gasteiger partial charge in [-0.05, 0) is 81.3 Å². The van der Waals surface area contributed by atoms with Gasteiger partial charge in [-0.3, -0.25) is 0 Å². The maximum Gasteiger partial charge on any atom is 0.225 e. The number of aromatic nitrogens is 2. The molecule has 0 saturated heterocycles. The summed E-state index contributed by atoms with van der Waals surface area (Å²) in [5, 5.41) is 11.1. The molecule has 200 valence electrons. The maximum absolute atomic E-state index is 5.95. The van der Waals surface area contributed by atoms with Crippen LogP contribution in [0.1, 0.15) is 55.3 Å². The van der Waals surface area contributed by atoms with Crippen LogP contribution in [0.4, 0.5) is 17.5 Å². The fourth-order valence-corrected chi connectivity index (χ4v) is 5.62. The molecule has 0 amide bonds. The molecule has 1 fully saturated rings. The molecule has 0 spiro atoms. The summed E-state index contributed by atoms with van der Waals surface area (Å²) in [6.07, 6.45) is 8.78. The van der Waals surface area contributed by atoms with E-state index in [1.807, 2.05) is 42.5 Å². The highest BCUT2D eigenvalue weighted by molar-refractivity contribution is 7.80. The SMILES string of the molecule is CN(C)c1nc(N[C@H]2CC[C@@H](NC(=S)Nc3cccc(OCc4ccccc4)c3)CC2)nc2c1CCCC2. The molecule has 3 aromatic rings. The van der Waals surface area contributed by atoms with Crippen molar-refractivity contribution in [3.8, 4) is 5.75 Å². The molecule has 8 heteroatoms. The monoisotopic (exact) mass is 530 g/mol. The van der Waals surface area contributed by atoms with E-state index in [-0.39, 0.29) is 0 Å². The standard InChI is InChI=1S/C30H38N6OS/c1-36(2)28-26-13-6-7-14-27(26)34-29(35-28)31-22-15-17-23(18-16-22)32-30(38)33-24-11-8-12-25(19-24)37-20-21-9-4-3-5-10-21/h3-5,8-12,19,22-23H,6-7,13-18,20H2,1-2H3,(H,31,34,35)(H2,32,33,38)/t22-,23+. The van der Waals surface area contributed by atoms with Gasteiger partial charge in [0.1, 0.15) is 18.2 Å². The van der Waals surface area contributed by atoms with Crippen LogP contribution in [0.15, 0.2) is 54.6 Å². The summed E-state index contributed by atoms with van der Waals surface area (Å²) in [6, 6.07) is 18.8. The largest absolute Gasteiger partial charge is 0.489 e. The lowest BCUT2D eigenvalue weighted by Crippen LogP contribution is -2.42. The van der Waals surface area contributed by atoms with Gasteiger partial charge >= 0.3 is 0 Å². The molecule has 7 nitrogen and oxygen atoms in total. The molecule has 0 radical (unpaired) electrons. The van der Waals surface area contributed by atoms with E-state index >= 15 is 0 Å². The molecular weight excluding hydrogens is 492 g/mol. The first-order chi connectivity index (χ1) is 18.5. The third-order valence-electron chi connectivity index (χ3n) is 7.32. The number of hydrogen-bond acceptors (Lipinski definition) is 6. The summed E-state index contributed by atoms with van der Waals surface area (Å²) in [7, 11) is 4.14. The van der Waals surface area contributed by atoms with Crippen LogP contribution in [0.25, 0.3) is 0 Å². The van der Waals surface area contributed by atoms with Crippen molar-refractivity contribution < 1.29 is 4.74 Å². The molecule has 0 atom stereocenters. The normalized spacial score (nSPS) is 18.7. The van der Waals surface area contributed by atoms with Gasteiger partial charge in [-0.1, -0.05) is 36.4 Å². The number of ether oxygens (including phenoxy) is 1. The van der Waals surface area contributed by atoms with Crippen molar-refractivity contribution in [3.63, 3.8) is 0 Å². The third-order valence-corrected chi connectivity index (χ3v) is 7.54. The highest BCUT2D eigenvalue weighted by Gasteiger charge is 2.24. The predicted molar refractivity (Wildman–Crippen MR) is 159 cm³/mol. The zero-order chi connectivity index (χ0) is 26.3.